The van der Waals surface area contributed by atoms with Gasteiger partial charge in [0.05, 0.1) is 6.61 Å². The quantitative estimate of drug-likeness (QED) is 0.717. The zero-order valence-corrected chi connectivity index (χ0v) is 11.4. The van der Waals surface area contributed by atoms with Gasteiger partial charge in [-0.1, -0.05) is 41.4 Å². The molecule has 1 aromatic rings. The maximum absolute atomic E-state index is 5.90. The van der Waals surface area contributed by atoms with Crippen LogP contribution in [-0.4, -0.2) is 6.61 Å². The van der Waals surface area contributed by atoms with Gasteiger partial charge >= 0.3 is 0 Å². The maximum atomic E-state index is 5.90. The van der Waals surface area contributed by atoms with Crippen molar-refractivity contribution < 1.29 is 4.74 Å². The van der Waals surface area contributed by atoms with Crippen LogP contribution in [-0.2, 0) is 5.33 Å². The van der Waals surface area contributed by atoms with E-state index in [1.54, 1.807) is 0 Å². The minimum atomic E-state index is 0.671. The summed E-state index contributed by atoms with van der Waals surface area (Å²) in [6, 6.07) is 5.72. The molecule has 0 aliphatic carbocycles. The van der Waals surface area contributed by atoms with Crippen molar-refractivity contribution in [3.05, 3.63) is 28.8 Å². The molecule has 0 aliphatic rings. The summed E-state index contributed by atoms with van der Waals surface area (Å²) >= 11 is 9.33. The van der Waals surface area contributed by atoms with Gasteiger partial charge in [0.15, 0.2) is 0 Å². The lowest BCUT2D eigenvalue weighted by molar-refractivity contribution is 0.287. The van der Waals surface area contributed by atoms with Crippen molar-refractivity contribution in [2.75, 3.05) is 6.61 Å². The molecule has 0 saturated carbocycles. The van der Waals surface area contributed by atoms with Crippen molar-refractivity contribution in [1.82, 2.24) is 0 Å². The van der Waals surface area contributed by atoms with Crippen molar-refractivity contribution in [2.45, 2.75) is 25.6 Å². The number of hydrogen-bond donors (Lipinski definition) is 0. The molecule has 0 saturated heterocycles. The van der Waals surface area contributed by atoms with E-state index in [1.165, 1.54) is 0 Å². The third-order valence-electron chi connectivity index (χ3n) is 2.12. The Hall–Kier alpha value is -0.210. The van der Waals surface area contributed by atoms with Crippen LogP contribution in [0.15, 0.2) is 18.2 Å². The number of benzene rings is 1. The molecule has 0 aromatic heterocycles. The third-order valence-corrected chi connectivity index (χ3v) is 2.96. The van der Waals surface area contributed by atoms with Gasteiger partial charge in [0.1, 0.15) is 5.75 Å². The molecular weight excluding hydrogens is 275 g/mol. The van der Waals surface area contributed by atoms with E-state index in [-0.39, 0.29) is 0 Å². The fourth-order valence-corrected chi connectivity index (χ4v) is 1.83. The number of hydrogen-bond acceptors (Lipinski definition) is 1. The first kappa shape index (κ1) is 12.9. The number of rotatable bonds is 5. The highest BCUT2D eigenvalue weighted by atomic mass is 79.9. The molecule has 0 spiro atoms. The van der Waals surface area contributed by atoms with E-state index in [0.717, 1.165) is 34.7 Å². The lowest BCUT2D eigenvalue weighted by Crippen LogP contribution is -2.02. The van der Waals surface area contributed by atoms with Gasteiger partial charge in [-0.15, -0.1) is 0 Å². The zero-order valence-electron chi connectivity index (χ0n) is 9.09. The van der Waals surface area contributed by atoms with Gasteiger partial charge in [0, 0.05) is 15.9 Å². The van der Waals surface area contributed by atoms with E-state index < -0.39 is 0 Å². The van der Waals surface area contributed by atoms with Gasteiger partial charge in [-0.2, -0.15) is 0 Å². The molecule has 0 amide bonds. The minimum absolute atomic E-state index is 0.671. The van der Waals surface area contributed by atoms with Gasteiger partial charge in [0.25, 0.3) is 0 Å². The molecule has 0 heterocycles. The predicted molar refractivity (Wildman–Crippen MR) is 69.0 cm³/mol. The predicted octanol–water partition coefficient (Wildman–Crippen LogP) is 4.66. The van der Waals surface area contributed by atoms with Crippen molar-refractivity contribution >= 4 is 27.5 Å². The Morgan fingerprint density at radius 3 is 2.73 bits per heavy atom. The molecule has 15 heavy (non-hydrogen) atoms. The van der Waals surface area contributed by atoms with Crippen LogP contribution in [0.4, 0.5) is 0 Å². The van der Waals surface area contributed by atoms with E-state index in [0.29, 0.717) is 5.92 Å². The van der Waals surface area contributed by atoms with Gasteiger partial charge < -0.3 is 4.74 Å². The fraction of sp³-hybridized carbons (Fsp3) is 0.500. The molecule has 1 rings (SSSR count). The average molecular weight is 292 g/mol. The smallest absolute Gasteiger partial charge is 0.123 e. The average Bonchev–Trinajstić information content (AvgIpc) is 2.19. The van der Waals surface area contributed by atoms with Crippen LogP contribution >= 0.6 is 27.5 Å². The van der Waals surface area contributed by atoms with Gasteiger partial charge in [-0.05, 0) is 30.5 Å². The monoisotopic (exact) mass is 290 g/mol. The second-order valence-electron chi connectivity index (χ2n) is 3.92. The standard InChI is InChI=1S/C12H16BrClO/c1-9(2)5-6-15-12-4-3-11(14)7-10(12)8-13/h3-4,7,9H,5-6,8H2,1-2H3. The Bertz CT molecular complexity index is 312. The molecule has 0 bridgehead atoms. The highest BCUT2D eigenvalue weighted by Gasteiger charge is 2.03. The lowest BCUT2D eigenvalue weighted by Gasteiger charge is -2.11. The van der Waals surface area contributed by atoms with Crippen LogP contribution in [0.3, 0.4) is 0 Å². The SMILES string of the molecule is CC(C)CCOc1ccc(Cl)cc1CBr. The summed E-state index contributed by atoms with van der Waals surface area (Å²) in [5.41, 5.74) is 1.10. The minimum Gasteiger partial charge on any atom is -0.493 e. The summed E-state index contributed by atoms with van der Waals surface area (Å²) in [5, 5.41) is 1.52. The van der Waals surface area contributed by atoms with Crippen LogP contribution in [0, 0.1) is 5.92 Å². The molecule has 84 valence electrons. The van der Waals surface area contributed by atoms with E-state index >= 15 is 0 Å². The maximum Gasteiger partial charge on any atom is 0.123 e. The van der Waals surface area contributed by atoms with Gasteiger partial charge in [-0.25, -0.2) is 0 Å². The van der Waals surface area contributed by atoms with Crippen LogP contribution in [0.2, 0.25) is 5.02 Å². The van der Waals surface area contributed by atoms with E-state index in [1.807, 2.05) is 18.2 Å². The highest BCUT2D eigenvalue weighted by molar-refractivity contribution is 9.08. The second-order valence-corrected chi connectivity index (χ2v) is 4.91. The van der Waals surface area contributed by atoms with Crippen LogP contribution in [0.1, 0.15) is 25.8 Å². The topological polar surface area (TPSA) is 9.23 Å². The van der Waals surface area contributed by atoms with Crippen LogP contribution in [0.5, 0.6) is 5.75 Å². The van der Waals surface area contributed by atoms with E-state index in [4.69, 9.17) is 16.3 Å². The molecule has 1 aromatic carbocycles. The summed E-state index contributed by atoms with van der Waals surface area (Å²) < 4.78 is 5.71. The van der Waals surface area contributed by atoms with Crippen molar-refractivity contribution in [3.8, 4) is 5.75 Å². The van der Waals surface area contributed by atoms with E-state index in [9.17, 15) is 0 Å². The Morgan fingerprint density at radius 2 is 2.13 bits per heavy atom. The van der Waals surface area contributed by atoms with Crippen LogP contribution in [0.25, 0.3) is 0 Å². The highest BCUT2D eigenvalue weighted by Crippen LogP contribution is 2.25. The number of alkyl halides is 1. The zero-order chi connectivity index (χ0) is 11.3. The summed E-state index contributed by atoms with van der Waals surface area (Å²) in [6.07, 6.45) is 1.07. The van der Waals surface area contributed by atoms with Crippen LogP contribution < -0.4 is 4.74 Å². The van der Waals surface area contributed by atoms with E-state index in [2.05, 4.69) is 29.8 Å². The molecule has 0 aliphatic heterocycles. The van der Waals surface area contributed by atoms with Crippen molar-refractivity contribution in [3.63, 3.8) is 0 Å². The first-order valence-electron chi connectivity index (χ1n) is 5.10. The molecule has 1 nitrogen and oxygen atoms in total. The number of ether oxygens (including phenoxy) is 1. The van der Waals surface area contributed by atoms with Gasteiger partial charge in [-0.3, -0.25) is 0 Å². The lowest BCUT2D eigenvalue weighted by atomic mass is 10.1. The van der Waals surface area contributed by atoms with Crippen molar-refractivity contribution in [2.24, 2.45) is 5.92 Å². The first-order valence-corrected chi connectivity index (χ1v) is 6.60. The Kier molecular flexibility index (Phi) is 5.48. The molecule has 0 fully saturated rings. The Balaban J connectivity index is 2.60. The molecule has 3 heteroatoms. The second kappa shape index (κ2) is 6.39. The number of halogens is 2. The molecule has 0 N–H and O–H groups in total. The summed E-state index contributed by atoms with van der Waals surface area (Å²) in [7, 11) is 0. The van der Waals surface area contributed by atoms with Crippen molar-refractivity contribution in [1.29, 1.82) is 0 Å². The largest absolute Gasteiger partial charge is 0.493 e. The summed E-state index contributed by atoms with van der Waals surface area (Å²) in [5.74, 6) is 1.60. The molecule has 0 unspecified atom stereocenters. The summed E-state index contributed by atoms with van der Waals surface area (Å²) in [6.45, 7) is 5.15. The summed E-state index contributed by atoms with van der Waals surface area (Å²) in [4.78, 5) is 0. The molecular formula is C12H16BrClO. The Morgan fingerprint density at radius 1 is 1.40 bits per heavy atom. The fourth-order valence-electron chi connectivity index (χ4n) is 1.20. The Labute approximate surface area is 105 Å². The molecule has 0 atom stereocenters. The normalized spacial score (nSPS) is 10.7. The van der Waals surface area contributed by atoms with Gasteiger partial charge in [0.2, 0.25) is 0 Å². The third kappa shape index (κ3) is 4.43. The first-order chi connectivity index (χ1) is 7.13. The molecule has 0 radical (unpaired) electrons.